The summed E-state index contributed by atoms with van der Waals surface area (Å²) in [4.78, 5) is 0. The third kappa shape index (κ3) is 10.6. The van der Waals surface area contributed by atoms with E-state index in [1.807, 2.05) is 13.2 Å². The van der Waals surface area contributed by atoms with E-state index in [1.54, 1.807) is 11.8 Å². The van der Waals surface area contributed by atoms with Crippen LogP contribution in [0.15, 0.2) is 0 Å². The van der Waals surface area contributed by atoms with Gasteiger partial charge in [0.15, 0.2) is 0 Å². The van der Waals surface area contributed by atoms with Gasteiger partial charge in [0, 0.05) is 24.4 Å². The molecule has 0 aliphatic carbocycles. The van der Waals surface area contributed by atoms with E-state index in [2.05, 4.69) is 19.2 Å². The van der Waals surface area contributed by atoms with Crippen LogP contribution >= 0.6 is 11.8 Å². The van der Waals surface area contributed by atoms with Gasteiger partial charge in [-0.05, 0) is 31.9 Å². The van der Waals surface area contributed by atoms with Crippen molar-refractivity contribution in [3.05, 3.63) is 0 Å². The molecule has 116 valence electrons. The third-order valence-electron chi connectivity index (χ3n) is 3.10. The largest absolute Gasteiger partial charge is 0.395 e. The topological polar surface area (TPSA) is 61.7 Å². The highest BCUT2D eigenvalue weighted by molar-refractivity contribution is 7.99. The summed E-state index contributed by atoms with van der Waals surface area (Å²) in [5.41, 5.74) is 0. The molecule has 0 saturated heterocycles. The molecule has 0 heterocycles. The van der Waals surface area contributed by atoms with Crippen LogP contribution in [0.25, 0.3) is 0 Å². The fraction of sp³-hybridized carbons (Fsp3) is 1.00. The lowest BCUT2D eigenvalue weighted by Crippen LogP contribution is -2.42. The number of thioether (sulfide) groups is 1. The standard InChI is InChI=1S/C14H31NO3S/c1-11(2)6-5-7-18-10-13(17)8-15-12(3)14(9-16)19-4/h11-17H,5-10H2,1-4H3. The molecule has 4 nitrogen and oxygen atoms in total. The number of rotatable bonds is 12. The highest BCUT2D eigenvalue weighted by atomic mass is 32.2. The first-order chi connectivity index (χ1) is 9.01. The molecule has 0 aromatic rings. The van der Waals surface area contributed by atoms with Gasteiger partial charge in [-0.15, -0.1) is 0 Å². The summed E-state index contributed by atoms with van der Waals surface area (Å²) >= 11 is 1.63. The number of nitrogens with one attached hydrogen (secondary N) is 1. The Kier molecular flexibility index (Phi) is 12.1. The van der Waals surface area contributed by atoms with Gasteiger partial charge in [0.25, 0.3) is 0 Å². The molecule has 0 bridgehead atoms. The minimum absolute atomic E-state index is 0.150. The first kappa shape index (κ1) is 19.2. The van der Waals surface area contributed by atoms with Crippen molar-refractivity contribution < 1.29 is 14.9 Å². The van der Waals surface area contributed by atoms with Gasteiger partial charge < -0.3 is 20.3 Å². The van der Waals surface area contributed by atoms with Gasteiger partial charge in [-0.25, -0.2) is 0 Å². The Labute approximate surface area is 122 Å². The lowest BCUT2D eigenvalue weighted by Gasteiger charge is -2.23. The van der Waals surface area contributed by atoms with E-state index < -0.39 is 6.10 Å². The number of hydrogen-bond acceptors (Lipinski definition) is 5. The minimum atomic E-state index is -0.484. The van der Waals surface area contributed by atoms with Crippen LogP contribution in [0.4, 0.5) is 0 Å². The van der Waals surface area contributed by atoms with Crippen molar-refractivity contribution in [1.29, 1.82) is 0 Å². The molecule has 0 aromatic carbocycles. The van der Waals surface area contributed by atoms with Gasteiger partial charge >= 0.3 is 0 Å². The quantitative estimate of drug-likeness (QED) is 0.476. The van der Waals surface area contributed by atoms with E-state index in [-0.39, 0.29) is 17.9 Å². The van der Waals surface area contributed by atoms with Crippen molar-refractivity contribution in [3.63, 3.8) is 0 Å². The highest BCUT2D eigenvalue weighted by Gasteiger charge is 2.15. The van der Waals surface area contributed by atoms with Crippen LogP contribution in [0.2, 0.25) is 0 Å². The fourth-order valence-corrected chi connectivity index (χ4v) is 2.42. The Morgan fingerprint density at radius 1 is 1.26 bits per heavy atom. The Bertz CT molecular complexity index is 201. The molecule has 0 amide bonds. The Morgan fingerprint density at radius 2 is 1.95 bits per heavy atom. The van der Waals surface area contributed by atoms with Crippen molar-refractivity contribution in [1.82, 2.24) is 5.32 Å². The summed E-state index contributed by atoms with van der Waals surface area (Å²) in [5, 5.41) is 22.3. The maximum atomic E-state index is 9.78. The van der Waals surface area contributed by atoms with Gasteiger partial charge in [-0.1, -0.05) is 13.8 Å². The van der Waals surface area contributed by atoms with Crippen LogP contribution in [-0.2, 0) is 4.74 Å². The second kappa shape index (κ2) is 12.0. The lowest BCUT2D eigenvalue weighted by atomic mass is 10.1. The first-order valence-electron chi connectivity index (χ1n) is 7.14. The van der Waals surface area contributed by atoms with Crippen molar-refractivity contribution in [2.75, 3.05) is 32.6 Å². The van der Waals surface area contributed by atoms with E-state index in [9.17, 15) is 5.11 Å². The normalized spacial score (nSPS) is 16.6. The third-order valence-corrected chi connectivity index (χ3v) is 4.26. The molecule has 5 heteroatoms. The van der Waals surface area contributed by atoms with Gasteiger partial charge in [-0.2, -0.15) is 11.8 Å². The molecule has 0 aromatic heterocycles. The maximum Gasteiger partial charge on any atom is 0.0897 e. The molecule has 0 fully saturated rings. The van der Waals surface area contributed by atoms with Crippen LogP contribution in [0.3, 0.4) is 0 Å². The summed E-state index contributed by atoms with van der Waals surface area (Å²) in [6.45, 7) is 8.16. The molecular formula is C14H31NO3S. The molecule has 3 atom stereocenters. The van der Waals surface area contributed by atoms with Crippen molar-refractivity contribution >= 4 is 11.8 Å². The van der Waals surface area contributed by atoms with E-state index in [0.29, 0.717) is 19.1 Å². The van der Waals surface area contributed by atoms with E-state index in [1.165, 1.54) is 0 Å². The zero-order valence-electron chi connectivity index (χ0n) is 12.8. The van der Waals surface area contributed by atoms with Crippen LogP contribution in [-0.4, -0.2) is 60.2 Å². The monoisotopic (exact) mass is 293 g/mol. The van der Waals surface area contributed by atoms with Gasteiger partial charge in [0.1, 0.15) is 0 Å². The summed E-state index contributed by atoms with van der Waals surface area (Å²) in [6, 6.07) is 0.176. The molecule has 3 unspecified atom stereocenters. The van der Waals surface area contributed by atoms with Crippen LogP contribution in [0.5, 0.6) is 0 Å². The molecule has 0 spiro atoms. The zero-order valence-corrected chi connectivity index (χ0v) is 13.6. The smallest absolute Gasteiger partial charge is 0.0897 e. The fourth-order valence-electron chi connectivity index (χ4n) is 1.76. The molecule has 0 aliphatic rings. The second-order valence-electron chi connectivity index (χ2n) is 5.42. The van der Waals surface area contributed by atoms with Crippen LogP contribution in [0, 0.1) is 5.92 Å². The van der Waals surface area contributed by atoms with Crippen LogP contribution < -0.4 is 5.32 Å². The van der Waals surface area contributed by atoms with E-state index in [0.717, 1.165) is 19.4 Å². The van der Waals surface area contributed by atoms with Crippen molar-refractivity contribution in [2.24, 2.45) is 5.92 Å². The Morgan fingerprint density at radius 3 is 2.47 bits per heavy atom. The molecule has 0 radical (unpaired) electrons. The number of aliphatic hydroxyl groups is 2. The summed E-state index contributed by atoms with van der Waals surface area (Å²) in [7, 11) is 0. The molecular weight excluding hydrogens is 262 g/mol. The van der Waals surface area contributed by atoms with Crippen molar-refractivity contribution in [2.45, 2.75) is 51.0 Å². The summed E-state index contributed by atoms with van der Waals surface area (Å²) in [5.74, 6) is 0.706. The molecule has 0 rings (SSSR count). The first-order valence-corrected chi connectivity index (χ1v) is 8.42. The molecule has 19 heavy (non-hydrogen) atoms. The Balaban J connectivity index is 3.55. The van der Waals surface area contributed by atoms with E-state index in [4.69, 9.17) is 9.84 Å². The maximum absolute atomic E-state index is 9.78. The van der Waals surface area contributed by atoms with E-state index >= 15 is 0 Å². The number of aliphatic hydroxyl groups excluding tert-OH is 2. The zero-order chi connectivity index (χ0) is 14.7. The number of hydrogen-bond donors (Lipinski definition) is 3. The molecule has 0 saturated carbocycles. The van der Waals surface area contributed by atoms with Crippen molar-refractivity contribution in [3.8, 4) is 0 Å². The summed E-state index contributed by atoms with van der Waals surface area (Å²) in [6.07, 6.45) is 3.71. The number of ether oxygens (including phenoxy) is 1. The van der Waals surface area contributed by atoms with Gasteiger partial charge in [0.05, 0.1) is 19.3 Å². The average molecular weight is 293 g/mol. The van der Waals surface area contributed by atoms with Gasteiger partial charge in [0.2, 0.25) is 0 Å². The molecule has 0 aliphatic heterocycles. The second-order valence-corrected chi connectivity index (χ2v) is 6.50. The van der Waals surface area contributed by atoms with Gasteiger partial charge in [-0.3, -0.25) is 0 Å². The SMILES string of the molecule is CSC(CO)C(C)NCC(O)COCCCC(C)C. The predicted molar refractivity (Wildman–Crippen MR) is 82.8 cm³/mol. The predicted octanol–water partition coefficient (Wildman–Crippen LogP) is 1.50. The lowest BCUT2D eigenvalue weighted by molar-refractivity contribution is 0.0334. The summed E-state index contributed by atoms with van der Waals surface area (Å²) < 4.78 is 5.45. The average Bonchev–Trinajstić information content (AvgIpc) is 2.37. The van der Waals surface area contributed by atoms with Crippen LogP contribution in [0.1, 0.15) is 33.6 Å². The molecule has 3 N–H and O–H groups in total. The Hall–Kier alpha value is 0.190. The highest BCUT2D eigenvalue weighted by Crippen LogP contribution is 2.10. The minimum Gasteiger partial charge on any atom is -0.395 e.